The molecule has 1 aromatic carbocycles. The molecule has 0 fully saturated rings. The third kappa shape index (κ3) is 4.17. The molecular weight excluding hydrogens is 268 g/mol. The normalized spacial score (nSPS) is 10.6. The summed E-state index contributed by atoms with van der Waals surface area (Å²) in [7, 11) is 0. The predicted octanol–water partition coefficient (Wildman–Crippen LogP) is 2.97. The van der Waals surface area contributed by atoms with Crippen molar-refractivity contribution in [1.82, 2.24) is 10.3 Å². The van der Waals surface area contributed by atoms with Crippen LogP contribution in [0.15, 0.2) is 24.3 Å². The molecule has 0 spiro atoms. The van der Waals surface area contributed by atoms with Gasteiger partial charge in [-0.1, -0.05) is 29.8 Å². The lowest BCUT2D eigenvalue weighted by atomic mass is 10.1. The summed E-state index contributed by atoms with van der Waals surface area (Å²) in [6.45, 7) is 6.74. The van der Waals surface area contributed by atoms with Crippen molar-refractivity contribution in [1.29, 1.82) is 0 Å². The zero-order chi connectivity index (χ0) is 14.5. The summed E-state index contributed by atoms with van der Waals surface area (Å²) in [6.07, 6.45) is 1.30. The largest absolute Gasteiger partial charge is 0.355 e. The molecule has 0 atom stereocenters. The monoisotopic (exact) mass is 288 g/mol. The molecular formula is C16H20N2OS. The van der Waals surface area contributed by atoms with Crippen molar-refractivity contribution in [3.8, 4) is 0 Å². The lowest BCUT2D eigenvalue weighted by molar-refractivity contribution is -0.120. The average molecular weight is 288 g/mol. The number of aryl methyl sites for hydroxylation is 3. The molecule has 0 saturated heterocycles. The lowest BCUT2D eigenvalue weighted by Crippen LogP contribution is -2.27. The Kier molecular flexibility index (Phi) is 4.90. The minimum absolute atomic E-state index is 0.0782. The van der Waals surface area contributed by atoms with Crippen molar-refractivity contribution in [2.24, 2.45) is 0 Å². The van der Waals surface area contributed by atoms with Crippen molar-refractivity contribution < 1.29 is 4.79 Å². The lowest BCUT2D eigenvalue weighted by Gasteiger charge is -2.05. The molecule has 20 heavy (non-hydrogen) atoms. The van der Waals surface area contributed by atoms with Crippen molar-refractivity contribution >= 4 is 17.2 Å². The molecule has 1 N–H and O–H groups in total. The molecule has 3 nitrogen and oxygen atoms in total. The first-order valence-corrected chi connectivity index (χ1v) is 7.61. The van der Waals surface area contributed by atoms with Crippen LogP contribution in [0.3, 0.4) is 0 Å². The van der Waals surface area contributed by atoms with Crippen LogP contribution in [0.1, 0.15) is 26.7 Å². The molecule has 4 heteroatoms. The third-order valence-corrected chi connectivity index (χ3v) is 4.25. The second-order valence-electron chi connectivity index (χ2n) is 5.01. The molecule has 0 saturated carbocycles. The highest BCUT2D eigenvalue weighted by Gasteiger charge is 2.06. The summed E-state index contributed by atoms with van der Waals surface area (Å²) in [5.74, 6) is 0.0782. The minimum Gasteiger partial charge on any atom is -0.355 e. The first-order valence-electron chi connectivity index (χ1n) is 6.80. The molecule has 2 aromatic rings. The van der Waals surface area contributed by atoms with E-state index in [4.69, 9.17) is 0 Å². The van der Waals surface area contributed by atoms with E-state index >= 15 is 0 Å². The molecule has 0 unspecified atom stereocenters. The van der Waals surface area contributed by atoms with E-state index in [1.54, 1.807) is 11.3 Å². The van der Waals surface area contributed by atoms with Crippen LogP contribution >= 0.6 is 11.3 Å². The van der Waals surface area contributed by atoms with Crippen LogP contribution in [0.2, 0.25) is 0 Å². The van der Waals surface area contributed by atoms with Gasteiger partial charge >= 0.3 is 0 Å². The summed E-state index contributed by atoms with van der Waals surface area (Å²) >= 11 is 1.71. The van der Waals surface area contributed by atoms with Gasteiger partial charge in [-0.05, 0) is 26.3 Å². The highest BCUT2D eigenvalue weighted by molar-refractivity contribution is 7.11. The molecule has 0 bridgehead atoms. The summed E-state index contributed by atoms with van der Waals surface area (Å²) in [5, 5.41) is 4.06. The maximum absolute atomic E-state index is 11.9. The number of rotatable bonds is 5. The van der Waals surface area contributed by atoms with Crippen molar-refractivity contribution in [2.75, 3.05) is 6.54 Å². The second-order valence-corrected chi connectivity index (χ2v) is 6.29. The number of benzene rings is 1. The van der Waals surface area contributed by atoms with E-state index in [0.29, 0.717) is 13.0 Å². The number of amides is 1. The molecule has 0 aliphatic carbocycles. The first kappa shape index (κ1) is 14.7. The Hall–Kier alpha value is -1.68. The molecule has 1 heterocycles. The van der Waals surface area contributed by atoms with Gasteiger partial charge in [0.1, 0.15) is 0 Å². The Morgan fingerprint density at radius 3 is 2.75 bits per heavy atom. The van der Waals surface area contributed by atoms with Gasteiger partial charge in [-0.25, -0.2) is 4.98 Å². The van der Waals surface area contributed by atoms with Crippen LogP contribution in [-0.2, 0) is 17.6 Å². The highest BCUT2D eigenvalue weighted by Crippen LogP contribution is 2.17. The number of nitrogens with zero attached hydrogens (tertiary/aromatic N) is 1. The van der Waals surface area contributed by atoms with Gasteiger partial charge in [0.05, 0.1) is 17.1 Å². The van der Waals surface area contributed by atoms with Crippen molar-refractivity contribution in [3.63, 3.8) is 0 Å². The number of hydrogen-bond donors (Lipinski definition) is 1. The maximum atomic E-state index is 11.9. The average Bonchev–Trinajstić information content (AvgIpc) is 2.68. The molecule has 0 aliphatic rings. The number of thiazole rings is 1. The number of hydrogen-bond acceptors (Lipinski definition) is 3. The summed E-state index contributed by atoms with van der Waals surface area (Å²) < 4.78 is 0. The molecule has 0 radical (unpaired) electrons. The third-order valence-electron chi connectivity index (χ3n) is 3.12. The van der Waals surface area contributed by atoms with E-state index in [0.717, 1.165) is 22.7 Å². The van der Waals surface area contributed by atoms with Crippen LogP contribution in [-0.4, -0.2) is 17.4 Å². The minimum atomic E-state index is 0.0782. The SMILES string of the molecule is Cc1cccc(CC(=O)NCCc2sc(C)nc2C)c1. The van der Waals surface area contributed by atoms with E-state index in [2.05, 4.69) is 16.4 Å². The van der Waals surface area contributed by atoms with Crippen LogP contribution in [0, 0.1) is 20.8 Å². The Balaban J connectivity index is 1.79. The predicted molar refractivity (Wildman–Crippen MR) is 83.2 cm³/mol. The highest BCUT2D eigenvalue weighted by atomic mass is 32.1. The van der Waals surface area contributed by atoms with Gasteiger partial charge in [-0.15, -0.1) is 11.3 Å². The van der Waals surface area contributed by atoms with E-state index in [-0.39, 0.29) is 5.91 Å². The topological polar surface area (TPSA) is 42.0 Å². The van der Waals surface area contributed by atoms with Gasteiger partial charge < -0.3 is 5.32 Å². The Morgan fingerprint density at radius 1 is 1.30 bits per heavy atom. The van der Waals surface area contributed by atoms with Gasteiger partial charge in [0, 0.05) is 17.8 Å². The number of aromatic nitrogens is 1. The standard InChI is InChI=1S/C16H20N2OS/c1-11-5-4-6-14(9-11)10-16(19)17-8-7-15-12(2)18-13(3)20-15/h4-6,9H,7-8,10H2,1-3H3,(H,17,19). The van der Waals surface area contributed by atoms with Crippen molar-refractivity contribution in [3.05, 3.63) is 51.0 Å². The fourth-order valence-electron chi connectivity index (χ4n) is 2.19. The molecule has 1 amide bonds. The Bertz CT molecular complexity index is 604. The zero-order valence-electron chi connectivity index (χ0n) is 12.2. The Labute approximate surface area is 124 Å². The van der Waals surface area contributed by atoms with Crippen LogP contribution < -0.4 is 5.32 Å². The summed E-state index contributed by atoms with van der Waals surface area (Å²) in [5.41, 5.74) is 3.33. The van der Waals surface area contributed by atoms with Gasteiger partial charge in [-0.3, -0.25) is 4.79 Å². The van der Waals surface area contributed by atoms with E-state index in [9.17, 15) is 4.79 Å². The number of carbonyl (C=O) groups excluding carboxylic acids is 1. The van der Waals surface area contributed by atoms with Gasteiger partial charge in [0.15, 0.2) is 0 Å². The summed E-state index contributed by atoms with van der Waals surface area (Å²) in [4.78, 5) is 17.5. The summed E-state index contributed by atoms with van der Waals surface area (Å²) in [6, 6.07) is 8.07. The fraction of sp³-hybridized carbons (Fsp3) is 0.375. The fourth-order valence-corrected chi connectivity index (χ4v) is 3.13. The van der Waals surface area contributed by atoms with Crippen molar-refractivity contribution in [2.45, 2.75) is 33.6 Å². The van der Waals surface area contributed by atoms with Crippen LogP contribution in [0.25, 0.3) is 0 Å². The smallest absolute Gasteiger partial charge is 0.224 e. The van der Waals surface area contributed by atoms with Crippen LogP contribution in [0.5, 0.6) is 0 Å². The maximum Gasteiger partial charge on any atom is 0.224 e. The molecule has 106 valence electrons. The van der Waals surface area contributed by atoms with Gasteiger partial charge in [0.25, 0.3) is 0 Å². The second kappa shape index (κ2) is 6.66. The zero-order valence-corrected chi connectivity index (χ0v) is 13.0. The number of nitrogens with one attached hydrogen (secondary N) is 1. The van der Waals surface area contributed by atoms with Gasteiger partial charge in [0.2, 0.25) is 5.91 Å². The van der Waals surface area contributed by atoms with E-state index in [1.807, 2.05) is 39.0 Å². The van der Waals surface area contributed by atoms with Crippen LogP contribution in [0.4, 0.5) is 0 Å². The molecule has 2 rings (SSSR count). The van der Waals surface area contributed by atoms with E-state index < -0.39 is 0 Å². The first-order chi connectivity index (χ1) is 9.54. The quantitative estimate of drug-likeness (QED) is 0.919. The van der Waals surface area contributed by atoms with Gasteiger partial charge in [-0.2, -0.15) is 0 Å². The molecule has 1 aromatic heterocycles. The van der Waals surface area contributed by atoms with E-state index in [1.165, 1.54) is 10.4 Å². The molecule has 0 aliphatic heterocycles. The number of carbonyl (C=O) groups is 1. The Morgan fingerprint density at radius 2 is 2.10 bits per heavy atom.